The average molecular weight is 398 g/mol. The van der Waals surface area contributed by atoms with Crippen molar-refractivity contribution < 1.29 is 4.79 Å². The number of amides is 2. The molecular formula is C17H16ClN9O. The van der Waals surface area contributed by atoms with Crippen LogP contribution in [0.15, 0.2) is 43.2 Å². The summed E-state index contributed by atoms with van der Waals surface area (Å²) in [5, 5.41) is 18.1. The number of pyridine rings is 1. The second-order valence-electron chi connectivity index (χ2n) is 6.25. The lowest BCUT2D eigenvalue weighted by Crippen LogP contribution is -2.21. The molecule has 0 fully saturated rings. The standard InChI is InChI=1S/C17H16ClN9O/c1-10(2)14-13(9-23-26-6-5-19-16(14)26)25-17(28)24-11-7-12(18)15(20-8-11)27-21-3-4-22-27/h3-10H,1-2H3,(H2,24,25,28). The van der Waals surface area contributed by atoms with Crippen LogP contribution in [0.4, 0.5) is 16.2 Å². The number of fused-ring (bicyclic) bond motifs is 1. The molecule has 4 aromatic heterocycles. The van der Waals surface area contributed by atoms with Gasteiger partial charge >= 0.3 is 6.03 Å². The summed E-state index contributed by atoms with van der Waals surface area (Å²) in [5.41, 5.74) is 2.61. The molecule has 2 N–H and O–H groups in total. The largest absolute Gasteiger partial charge is 0.323 e. The molecular weight excluding hydrogens is 382 g/mol. The van der Waals surface area contributed by atoms with E-state index in [0.29, 0.717) is 27.9 Å². The highest BCUT2D eigenvalue weighted by Gasteiger charge is 2.16. The number of nitrogens with one attached hydrogen (secondary N) is 2. The number of halogens is 1. The van der Waals surface area contributed by atoms with Crippen LogP contribution >= 0.6 is 11.6 Å². The molecule has 0 aliphatic heterocycles. The number of carbonyl (C=O) groups is 1. The van der Waals surface area contributed by atoms with Gasteiger partial charge in [0.25, 0.3) is 0 Å². The lowest BCUT2D eigenvalue weighted by molar-refractivity contribution is 0.262. The number of imidazole rings is 1. The van der Waals surface area contributed by atoms with Crippen LogP contribution in [0.5, 0.6) is 0 Å². The van der Waals surface area contributed by atoms with Crippen LogP contribution in [-0.4, -0.2) is 40.6 Å². The Morgan fingerprint density at radius 3 is 2.57 bits per heavy atom. The van der Waals surface area contributed by atoms with E-state index in [1.54, 1.807) is 29.2 Å². The van der Waals surface area contributed by atoms with Gasteiger partial charge in [0.1, 0.15) is 0 Å². The van der Waals surface area contributed by atoms with Gasteiger partial charge in [-0.2, -0.15) is 15.3 Å². The van der Waals surface area contributed by atoms with Crippen molar-refractivity contribution >= 4 is 34.7 Å². The van der Waals surface area contributed by atoms with E-state index in [0.717, 1.165) is 5.56 Å². The Bertz CT molecular complexity index is 1140. The summed E-state index contributed by atoms with van der Waals surface area (Å²) in [6.45, 7) is 4.05. The zero-order chi connectivity index (χ0) is 19.7. The van der Waals surface area contributed by atoms with E-state index in [9.17, 15) is 4.79 Å². The molecule has 2 amide bonds. The molecule has 0 aliphatic carbocycles. The highest BCUT2D eigenvalue weighted by atomic mass is 35.5. The topological polar surface area (TPSA) is 115 Å². The van der Waals surface area contributed by atoms with Gasteiger partial charge in [-0.3, -0.25) is 0 Å². The Morgan fingerprint density at radius 2 is 1.86 bits per heavy atom. The third-order valence-electron chi connectivity index (χ3n) is 3.98. The number of hydrogen-bond acceptors (Lipinski definition) is 6. The van der Waals surface area contributed by atoms with Crippen molar-refractivity contribution in [1.82, 2.24) is 34.6 Å². The lowest BCUT2D eigenvalue weighted by Gasteiger charge is -2.15. The first kappa shape index (κ1) is 17.9. The molecule has 0 atom stereocenters. The second-order valence-corrected chi connectivity index (χ2v) is 6.66. The van der Waals surface area contributed by atoms with Crippen molar-refractivity contribution in [3.8, 4) is 5.82 Å². The highest BCUT2D eigenvalue weighted by molar-refractivity contribution is 6.32. The van der Waals surface area contributed by atoms with Crippen LogP contribution in [0.25, 0.3) is 11.5 Å². The molecule has 0 aliphatic rings. The van der Waals surface area contributed by atoms with Gasteiger partial charge in [0.15, 0.2) is 11.5 Å². The average Bonchev–Trinajstić information content (AvgIpc) is 3.32. The van der Waals surface area contributed by atoms with Crippen molar-refractivity contribution in [2.45, 2.75) is 19.8 Å². The predicted octanol–water partition coefficient (Wildman–Crippen LogP) is 3.13. The predicted molar refractivity (Wildman–Crippen MR) is 104 cm³/mol. The molecule has 11 heteroatoms. The van der Waals surface area contributed by atoms with E-state index < -0.39 is 6.03 Å². The van der Waals surface area contributed by atoms with Crippen molar-refractivity contribution in [2.24, 2.45) is 0 Å². The number of urea groups is 1. The van der Waals surface area contributed by atoms with Crippen molar-refractivity contribution in [1.29, 1.82) is 0 Å². The molecule has 10 nitrogen and oxygen atoms in total. The van der Waals surface area contributed by atoms with Crippen LogP contribution in [0, 0.1) is 0 Å². The number of aromatic nitrogens is 7. The fourth-order valence-electron chi connectivity index (χ4n) is 2.82. The van der Waals surface area contributed by atoms with Gasteiger partial charge in [-0.25, -0.2) is 19.3 Å². The number of nitrogens with zero attached hydrogens (tertiary/aromatic N) is 7. The normalized spacial score (nSPS) is 11.1. The van der Waals surface area contributed by atoms with Gasteiger partial charge < -0.3 is 10.6 Å². The smallest absolute Gasteiger partial charge is 0.306 e. The molecule has 0 bridgehead atoms. The van der Waals surface area contributed by atoms with Gasteiger partial charge in [-0.05, 0) is 12.0 Å². The molecule has 4 aromatic rings. The summed E-state index contributed by atoms with van der Waals surface area (Å²) in [5.74, 6) is 0.508. The third kappa shape index (κ3) is 3.37. The molecule has 0 saturated heterocycles. The Hall–Kier alpha value is -3.53. The summed E-state index contributed by atoms with van der Waals surface area (Å²) in [7, 11) is 0. The minimum absolute atomic E-state index is 0.139. The summed E-state index contributed by atoms with van der Waals surface area (Å²) >= 11 is 6.23. The molecule has 0 radical (unpaired) electrons. The first-order valence-electron chi connectivity index (χ1n) is 8.45. The van der Waals surface area contributed by atoms with Crippen LogP contribution in [0.3, 0.4) is 0 Å². The van der Waals surface area contributed by atoms with E-state index >= 15 is 0 Å². The molecule has 142 valence electrons. The van der Waals surface area contributed by atoms with E-state index in [-0.39, 0.29) is 5.92 Å². The number of anilines is 2. The number of hydrogen-bond donors (Lipinski definition) is 2. The van der Waals surface area contributed by atoms with Gasteiger partial charge in [-0.1, -0.05) is 25.4 Å². The molecule has 0 spiro atoms. The molecule has 4 heterocycles. The number of carbonyl (C=O) groups excluding carboxylic acids is 1. The maximum atomic E-state index is 12.5. The zero-order valence-electron chi connectivity index (χ0n) is 15.0. The van der Waals surface area contributed by atoms with Crippen LogP contribution in [-0.2, 0) is 0 Å². The Balaban J connectivity index is 1.54. The van der Waals surface area contributed by atoms with E-state index in [2.05, 4.69) is 35.9 Å². The molecule has 0 aromatic carbocycles. The zero-order valence-corrected chi connectivity index (χ0v) is 15.8. The van der Waals surface area contributed by atoms with E-state index in [4.69, 9.17) is 11.6 Å². The van der Waals surface area contributed by atoms with E-state index in [1.807, 2.05) is 13.8 Å². The molecule has 0 unspecified atom stereocenters. The van der Waals surface area contributed by atoms with Crippen molar-refractivity contribution in [3.05, 3.63) is 53.8 Å². The van der Waals surface area contributed by atoms with E-state index in [1.165, 1.54) is 23.4 Å². The SMILES string of the molecule is CC(C)c1c(NC(=O)Nc2cnc(-n3nccn3)c(Cl)c2)cnn2ccnc12. The van der Waals surface area contributed by atoms with Gasteiger partial charge in [-0.15, -0.1) is 4.80 Å². The summed E-state index contributed by atoms with van der Waals surface area (Å²) < 4.78 is 1.67. The Kier molecular flexibility index (Phi) is 4.62. The van der Waals surface area contributed by atoms with Gasteiger partial charge in [0, 0.05) is 18.0 Å². The van der Waals surface area contributed by atoms with Crippen LogP contribution in [0.1, 0.15) is 25.3 Å². The van der Waals surface area contributed by atoms with Gasteiger partial charge in [0.2, 0.25) is 0 Å². The minimum Gasteiger partial charge on any atom is -0.306 e. The fraction of sp³-hybridized carbons (Fsp3) is 0.176. The Labute approximate surface area is 164 Å². The maximum Gasteiger partial charge on any atom is 0.323 e. The summed E-state index contributed by atoms with van der Waals surface area (Å²) in [4.78, 5) is 22.3. The lowest BCUT2D eigenvalue weighted by atomic mass is 10.0. The van der Waals surface area contributed by atoms with Crippen LogP contribution in [0.2, 0.25) is 5.02 Å². The second kappa shape index (κ2) is 7.24. The monoisotopic (exact) mass is 397 g/mol. The van der Waals surface area contributed by atoms with Crippen LogP contribution < -0.4 is 10.6 Å². The molecule has 0 saturated carbocycles. The minimum atomic E-state index is -0.442. The number of rotatable bonds is 4. The van der Waals surface area contributed by atoms with Crippen molar-refractivity contribution in [2.75, 3.05) is 10.6 Å². The summed E-state index contributed by atoms with van der Waals surface area (Å²) in [6.07, 6.45) is 9.55. The summed E-state index contributed by atoms with van der Waals surface area (Å²) in [6, 6.07) is 1.13. The fourth-order valence-corrected chi connectivity index (χ4v) is 3.06. The first-order valence-corrected chi connectivity index (χ1v) is 8.83. The third-order valence-corrected chi connectivity index (χ3v) is 4.26. The first-order chi connectivity index (χ1) is 13.5. The Morgan fingerprint density at radius 1 is 1.07 bits per heavy atom. The van der Waals surface area contributed by atoms with Gasteiger partial charge in [0.05, 0.1) is 41.2 Å². The molecule has 4 rings (SSSR count). The maximum absolute atomic E-state index is 12.5. The quantitative estimate of drug-likeness (QED) is 0.546. The van der Waals surface area contributed by atoms with Crippen molar-refractivity contribution in [3.63, 3.8) is 0 Å². The highest BCUT2D eigenvalue weighted by Crippen LogP contribution is 2.27. The molecule has 28 heavy (non-hydrogen) atoms.